The maximum atomic E-state index is 12.5. The fourth-order valence-corrected chi connectivity index (χ4v) is 3.20. The van der Waals surface area contributed by atoms with Gasteiger partial charge in [0, 0.05) is 0 Å². The number of ether oxygens (including phenoxy) is 1. The predicted molar refractivity (Wildman–Crippen MR) is 92.9 cm³/mol. The highest BCUT2D eigenvalue weighted by Crippen LogP contribution is 2.29. The number of hydrogen-bond donors (Lipinski definition) is 2. The van der Waals surface area contributed by atoms with Gasteiger partial charge < -0.3 is 15.2 Å². The van der Waals surface area contributed by atoms with Crippen LogP contribution in [-0.2, 0) is 11.2 Å². The summed E-state index contributed by atoms with van der Waals surface area (Å²) in [4.78, 5) is 29.0. The first-order valence-corrected chi connectivity index (χ1v) is 8.47. The van der Waals surface area contributed by atoms with E-state index in [9.17, 15) is 14.7 Å². The van der Waals surface area contributed by atoms with Crippen molar-refractivity contribution in [3.63, 3.8) is 0 Å². The molecule has 1 heterocycles. The standard InChI is InChI=1S/C17H20N2O4S/c1-4-5-9-13-18-10(2)15(24-13)16(21)19-12-8-6-7-11(14(12)20)17(22)23-3/h6-8,20H,4-5,9H2,1-3H3,(H,19,21). The van der Waals surface area contributed by atoms with E-state index in [1.165, 1.54) is 30.6 Å². The molecule has 0 aliphatic carbocycles. The molecule has 0 saturated heterocycles. The van der Waals surface area contributed by atoms with Crippen molar-refractivity contribution in [3.05, 3.63) is 39.3 Å². The number of thiazole rings is 1. The minimum absolute atomic E-state index is 0.0000358. The molecule has 24 heavy (non-hydrogen) atoms. The van der Waals surface area contributed by atoms with Crippen LogP contribution in [0.15, 0.2) is 18.2 Å². The third-order valence-electron chi connectivity index (χ3n) is 3.48. The summed E-state index contributed by atoms with van der Waals surface area (Å²) >= 11 is 1.35. The third-order valence-corrected chi connectivity index (χ3v) is 4.70. The number of aromatic hydroxyl groups is 1. The van der Waals surface area contributed by atoms with E-state index in [0.717, 1.165) is 24.3 Å². The molecule has 128 valence electrons. The van der Waals surface area contributed by atoms with E-state index in [-0.39, 0.29) is 22.9 Å². The zero-order chi connectivity index (χ0) is 17.7. The Labute approximate surface area is 144 Å². The molecule has 1 aromatic heterocycles. The Morgan fingerprint density at radius 1 is 1.38 bits per heavy atom. The lowest BCUT2D eigenvalue weighted by Crippen LogP contribution is -2.12. The van der Waals surface area contributed by atoms with Gasteiger partial charge in [-0.3, -0.25) is 4.79 Å². The van der Waals surface area contributed by atoms with Crippen LogP contribution in [0.1, 0.15) is 50.5 Å². The summed E-state index contributed by atoms with van der Waals surface area (Å²) in [6.45, 7) is 3.89. The number of para-hydroxylation sites is 1. The van der Waals surface area contributed by atoms with Gasteiger partial charge in [-0.25, -0.2) is 9.78 Å². The normalized spacial score (nSPS) is 10.5. The molecule has 2 rings (SSSR count). The number of unbranched alkanes of at least 4 members (excludes halogenated alkanes) is 1. The molecule has 0 aliphatic rings. The molecule has 0 atom stereocenters. The number of carbonyl (C=O) groups excluding carboxylic acids is 2. The number of amides is 1. The second-order valence-corrected chi connectivity index (χ2v) is 6.36. The Hall–Kier alpha value is -2.41. The van der Waals surface area contributed by atoms with E-state index in [1.807, 2.05) is 0 Å². The Balaban J connectivity index is 2.21. The highest BCUT2D eigenvalue weighted by molar-refractivity contribution is 7.13. The number of nitrogens with zero attached hydrogens (tertiary/aromatic N) is 1. The van der Waals surface area contributed by atoms with Gasteiger partial charge in [0.05, 0.1) is 23.5 Å². The number of nitrogens with one attached hydrogen (secondary N) is 1. The summed E-state index contributed by atoms with van der Waals surface area (Å²) in [7, 11) is 1.23. The van der Waals surface area contributed by atoms with E-state index in [0.29, 0.717) is 10.6 Å². The van der Waals surface area contributed by atoms with Gasteiger partial charge in [-0.2, -0.15) is 0 Å². The van der Waals surface area contributed by atoms with Gasteiger partial charge in [0.2, 0.25) is 0 Å². The number of methoxy groups -OCH3 is 1. The summed E-state index contributed by atoms with van der Waals surface area (Å²) in [5.41, 5.74) is 0.818. The van der Waals surface area contributed by atoms with Gasteiger partial charge >= 0.3 is 5.97 Å². The first-order chi connectivity index (χ1) is 11.5. The number of carbonyl (C=O) groups is 2. The zero-order valence-corrected chi connectivity index (χ0v) is 14.7. The minimum atomic E-state index is -0.667. The SMILES string of the molecule is CCCCc1nc(C)c(C(=O)Nc2cccc(C(=O)OC)c2O)s1. The van der Waals surface area contributed by atoms with Crippen molar-refractivity contribution >= 4 is 28.9 Å². The molecule has 2 aromatic rings. The highest BCUT2D eigenvalue weighted by Gasteiger charge is 2.19. The number of phenols is 1. The quantitative estimate of drug-likeness (QED) is 0.616. The average molecular weight is 348 g/mol. The molecule has 6 nitrogen and oxygen atoms in total. The van der Waals surface area contributed by atoms with Crippen LogP contribution in [0.25, 0.3) is 0 Å². The molecular weight excluding hydrogens is 328 g/mol. The molecule has 0 spiro atoms. The first-order valence-electron chi connectivity index (χ1n) is 7.65. The van der Waals surface area contributed by atoms with Gasteiger partial charge in [-0.1, -0.05) is 19.4 Å². The van der Waals surface area contributed by atoms with Crippen molar-refractivity contribution in [1.29, 1.82) is 0 Å². The second-order valence-electron chi connectivity index (χ2n) is 5.27. The Bertz CT molecular complexity index is 755. The van der Waals surface area contributed by atoms with Crippen LogP contribution in [0, 0.1) is 6.92 Å². The number of aryl methyl sites for hydroxylation is 2. The monoisotopic (exact) mass is 348 g/mol. The molecule has 0 unspecified atom stereocenters. The van der Waals surface area contributed by atoms with E-state index in [2.05, 4.69) is 22.0 Å². The highest BCUT2D eigenvalue weighted by atomic mass is 32.1. The number of rotatable bonds is 6. The topological polar surface area (TPSA) is 88.5 Å². The van der Waals surface area contributed by atoms with Gasteiger partial charge in [0.25, 0.3) is 5.91 Å². The van der Waals surface area contributed by atoms with E-state index >= 15 is 0 Å². The summed E-state index contributed by atoms with van der Waals surface area (Å²) in [6, 6.07) is 4.51. The minimum Gasteiger partial charge on any atom is -0.505 e. The van der Waals surface area contributed by atoms with E-state index in [1.54, 1.807) is 13.0 Å². The van der Waals surface area contributed by atoms with Crippen LogP contribution in [-0.4, -0.2) is 29.1 Å². The summed E-state index contributed by atoms with van der Waals surface area (Å²) < 4.78 is 4.60. The van der Waals surface area contributed by atoms with Gasteiger partial charge in [-0.05, 0) is 31.9 Å². The van der Waals surface area contributed by atoms with Crippen molar-refractivity contribution in [1.82, 2.24) is 4.98 Å². The number of benzene rings is 1. The molecule has 2 N–H and O–H groups in total. The largest absolute Gasteiger partial charge is 0.505 e. The van der Waals surface area contributed by atoms with Crippen LogP contribution < -0.4 is 5.32 Å². The number of esters is 1. The van der Waals surface area contributed by atoms with Crippen molar-refractivity contribution in [3.8, 4) is 5.75 Å². The second kappa shape index (κ2) is 7.92. The number of aromatic nitrogens is 1. The summed E-state index contributed by atoms with van der Waals surface area (Å²) in [5.74, 6) is -1.34. The fraction of sp³-hybridized carbons (Fsp3) is 0.353. The number of anilines is 1. The lowest BCUT2D eigenvalue weighted by molar-refractivity contribution is 0.0597. The number of hydrogen-bond acceptors (Lipinski definition) is 6. The maximum absolute atomic E-state index is 12.5. The van der Waals surface area contributed by atoms with E-state index < -0.39 is 5.97 Å². The van der Waals surface area contributed by atoms with Gasteiger partial charge in [0.15, 0.2) is 5.75 Å². The average Bonchev–Trinajstić information content (AvgIpc) is 2.95. The number of phenolic OH excluding ortho intramolecular Hbond substituents is 1. The van der Waals surface area contributed by atoms with Crippen LogP contribution in [0.4, 0.5) is 5.69 Å². The van der Waals surface area contributed by atoms with Crippen LogP contribution in [0.5, 0.6) is 5.75 Å². The molecule has 0 saturated carbocycles. The molecule has 1 aromatic carbocycles. The first kappa shape index (κ1) is 17.9. The lowest BCUT2D eigenvalue weighted by Gasteiger charge is -2.09. The molecular formula is C17H20N2O4S. The van der Waals surface area contributed by atoms with Crippen molar-refractivity contribution in [2.75, 3.05) is 12.4 Å². The summed E-state index contributed by atoms with van der Waals surface area (Å²) in [5, 5.41) is 13.7. The summed E-state index contributed by atoms with van der Waals surface area (Å²) in [6.07, 6.45) is 2.93. The van der Waals surface area contributed by atoms with Crippen molar-refractivity contribution < 1.29 is 19.4 Å². The Morgan fingerprint density at radius 2 is 2.12 bits per heavy atom. The van der Waals surface area contributed by atoms with Gasteiger partial charge in [0.1, 0.15) is 10.4 Å². The zero-order valence-electron chi connectivity index (χ0n) is 13.9. The molecule has 0 radical (unpaired) electrons. The van der Waals surface area contributed by atoms with Crippen LogP contribution in [0.3, 0.4) is 0 Å². The molecule has 7 heteroatoms. The smallest absolute Gasteiger partial charge is 0.341 e. The Kier molecular flexibility index (Phi) is 5.92. The van der Waals surface area contributed by atoms with Crippen molar-refractivity contribution in [2.24, 2.45) is 0 Å². The molecule has 0 aliphatic heterocycles. The van der Waals surface area contributed by atoms with Crippen molar-refractivity contribution in [2.45, 2.75) is 33.1 Å². The van der Waals surface area contributed by atoms with E-state index in [4.69, 9.17) is 0 Å². The third kappa shape index (κ3) is 3.91. The van der Waals surface area contributed by atoms with Crippen LogP contribution >= 0.6 is 11.3 Å². The lowest BCUT2D eigenvalue weighted by atomic mass is 10.1. The fourth-order valence-electron chi connectivity index (χ4n) is 2.20. The Morgan fingerprint density at radius 3 is 2.79 bits per heavy atom. The predicted octanol–water partition coefficient (Wildman–Crippen LogP) is 3.54. The molecule has 0 bridgehead atoms. The molecule has 1 amide bonds. The van der Waals surface area contributed by atoms with Gasteiger partial charge in [-0.15, -0.1) is 11.3 Å². The van der Waals surface area contributed by atoms with Crippen LogP contribution in [0.2, 0.25) is 0 Å². The maximum Gasteiger partial charge on any atom is 0.341 e. The molecule has 0 fully saturated rings.